The molecule has 2 bridgehead atoms. The third-order valence-corrected chi connectivity index (χ3v) is 6.03. The predicted molar refractivity (Wildman–Crippen MR) is 125 cm³/mol. The number of benzene rings is 1. The number of amides is 1. The lowest BCUT2D eigenvalue weighted by Gasteiger charge is -2.41. The van der Waals surface area contributed by atoms with E-state index in [-0.39, 0.29) is 30.7 Å². The molecule has 172 valence electrons. The Morgan fingerprint density at radius 2 is 2.03 bits per heavy atom. The Morgan fingerprint density at radius 3 is 2.81 bits per heavy atom. The first-order valence-corrected chi connectivity index (χ1v) is 10.5. The van der Waals surface area contributed by atoms with Gasteiger partial charge in [0.2, 0.25) is 5.91 Å². The summed E-state index contributed by atoms with van der Waals surface area (Å²) < 4.78 is 10.6. The van der Waals surface area contributed by atoms with Crippen LogP contribution in [0.25, 0.3) is 11.3 Å². The van der Waals surface area contributed by atoms with Gasteiger partial charge in [0.1, 0.15) is 11.4 Å². The smallest absolute Gasteiger partial charge is 0.220 e. The van der Waals surface area contributed by atoms with Gasteiger partial charge >= 0.3 is 0 Å². The highest BCUT2D eigenvalue weighted by atomic mass is 35.5. The van der Waals surface area contributed by atoms with Crippen LogP contribution in [0.15, 0.2) is 34.9 Å². The van der Waals surface area contributed by atoms with Gasteiger partial charge in [-0.15, -0.1) is 24.8 Å². The van der Waals surface area contributed by atoms with Gasteiger partial charge in [0, 0.05) is 24.1 Å². The van der Waals surface area contributed by atoms with E-state index in [4.69, 9.17) is 9.26 Å². The molecule has 1 amide bonds. The molecule has 9 heteroatoms. The number of aromatic nitrogens is 1. The molecule has 0 radical (unpaired) electrons. The number of rotatable bonds is 8. The molecule has 3 atom stereocenters. The molecule has 31 heavy (non-hydrogen) atoms. The van der Waals surface area contributed by atoms with Crippen molar-refractivity contribution in [1.82, 2.24) is 21.1 Å². The van der Waals surface area contributed by atoms with Crippen LogP contribution in [-0.4, -0.2) is 43.8 Å². The molecule has 2 saturated heterocycles. The Balaban J connectivity index is 0.00000171. The first-order valence-electron chi connectivity index (χ1n) is 10.5. The summed E-state index contributed by atoms with van der Waals surface area (Å²) in [6.45, 7) is 3.72. The Kier molecular flexibility index (Phi) is 10.1. The van der Waals surface area contributed by atoms with Gasteiger partial charge in [-0.2, -0.15) is 0 Å². The molecule has 2 aromatic rings. The number of carbonyl (C=O) groups is 1. The fourth-order valence-electron chi connectivity index (χ4n) is 4.40. The summed E-state index contributed by atoms with van der Waals surface area (Å²) in [5.41, 5.74) is 1.65. The highest BCUT2D eigenvalue weighted by Gasteiger charge is 2.32. The van der Waals surface area contributed by atoms with Crippen molar-refractivity contribution >= 4 is 30.7 Å². The van der Waals surface area contributed by atoms with Gasteiger partial charge in [-0.1, -0.05) is 5.16 Å². The van der Waals surface area contributed by atoms with Gasteiger partial charge < -0.3 is 25.2 Å². The van der Waals surface area contributed by atoms with E-state index in [1.165, 1.54) is 6.42 Å². The zero-order valence-electron chi connectivity index (χ0n) is 17.8. The summed E-state index contributed by atoms with van der Waals surface area (Å²) >= 11 is 0. The van der Waals surface area contributed by atoms with E-state index < -0.39 is 0 Å². The minimum Gasteiger partial charge on any atom is -0.497 e. The minimum absolute atomic E-state index is 0. The van der Waals surface area contributed by atoms with Crippen molar-refractivity contribution in [1.29, 1.82) is 0 Å². The minimum atomic E-state index is 0. The van der Waals surface area contributed by atoms with Crippen molar-refractivity contribution in [2.45, 2.75) is 38.3 Å². The van der Waals surface area contributed by atoms with Crippen LogP contribution in [0.5, 0.6) is 5.75 Å². The maximum absolute atomic E-state index is 12.2. The molecule has 0 unspecified atom stereocenters. The van der Waals surface area contributed by atoms with Crippen molar-refractivity contribution in [3.05, 3.63) is 36.0 Å². The Morgan fingerprint density at radius 1 is 1.23 bits per heavy atom. The fraction of sp³-hybridized carbons (Fsp3) is 0.545. The number of methoxy groups -OCH3 is 1. The number of fused-ring (bicyclic) bond motifs is 2. The molecule has 0 aliphatic carbocycles. The van der Waals surface area contributed by atoms with Crippen molar-refractivity contribution < 1.29 is 14.1 Å². The third-order valence-electron chi connectivity index (χ3n) is 6.03. The highest BCUT2D eigenvalue weighted by Crippen LogP contribution is 2.26. The quantitative estimate of drug-likeness (QED) is 0.548. The Labute approximate surface area is 195 Å². The summed E-state index contributed by atoms with van der Waals surface area (Å²) in [5.74, 6) is 3.02. The molecular formula is C22H32Cl2N4O3. The van der Waals surface area contributed by atoms with Crippen molar-refractivity contribution in [2.24, 2.45) is 11.8 Å². The van der Waals surface area contributed by atoms with E-state index >= 15 is 0 Å². The van der Waals surface area contributed by atoms with Gasteiger partial charge in [0.25, 0.3) is 0 Å². The average molecular weight is 471 g/mol. The molecule has 2 aliphatic rings. The molecule has 3 N–H and O–H groups in total. The van der Waals surface area contributed by atoms with E-state index in [1.54, 1.807) is 7.11 Å². The molecule has 0 saturated carbocycles. The zero-order chi connectivity index (χ0) is 20.1. The van der Waals surface area contributed by atoms with E-state index in [0.717, 1.165) is 55.4 Å². The monoisotopic (exact) mass is 470 g/mol. The summed E-state index contributed by atoms with van der Waals surface area (Å²) in [6, 6.07) is 10.00. The maximum Gasteiger partial charge on any atom is 0.220 e. The van der Waals surface area contributed by atoms with Crippen LogP contribution in [0.4, 0.5) is 0 Å². The Hall–Kier alpha value is -1.80. The van der Waals surface area contributed by atoms with Crippen molar-refractivity contribution in [2.75, 3.05) is 26.7 Å². The summed E-state index contributed by atoms with van der Waals surface area (Å²) in [4.78, 5) is 12.2. The average Bonchev–Trinajstić information content (AvgIpc) is 3.23. The van der Waals surface area contributed by atoms with Crippen LogP contribution < -0.4 is 20.7 Å². The SMILES string of the molecule is COc1ccc(-c2cc(CNC(=O)CCC[C@@H]3NC[C@@H]4CNC[C@H]3C4)no2)cc1.Cl.Cl. The number of carbonyl (C=O) groups excluding carboxylic acids is 1. The van der Waals surface area contributed by atoms with Crippen molar-refractivity contribution in [3.8, 4) is 17.1 Å². The first-order chi connectivity index (χ1) is 14.2. The molecule has 4 rings (SSSR count). The topological polar surface area (TPSA) is 88.4 Å². The van der Waals surface area contributed by atoms with Gasteiger partial charge in [-0.05, 0) is 75.0 Å². The summed E-state index contributed by atoms with van der Waals surface area (Å²) in [6.07, 6.45) is 3.82. The second-order valence-corrected chi connectivity index (χ2v) is 8.11. The number of piperidine rings is 2. The van der Waals surface area contributed by atoms with Crippen molar-refractivity contribution in [3.63, 3.8) is 0 Å². The van der Waals surface area contributed by atoms with Gasteiger partial charge in [0.05, 0.1) is 13.7 Å². The zero-order valence-corrected chi connectivity index (χ0v) is 19.4. The molecule has 1 aromatic carbocycles. The lowest BCUT2D eigenvalue weighted by Crippen LogP contribution is -2.54. The summed E-state index contributed by atoms with van der Waals surface area (Å²) in [5, 5.41) is 14.2. The molecule has 2 fully saturated rings. The largest absolute Gasteiger partial charge is 0.497 e. The van der Waals surface area contributed by atoms with E-state index in [2.05, 4.69) is 21.1 Å². The van der Waals surface area contributed by atoms with Crippen LogP contribution in [0.2, 0.25) is 0 Å². The third kappa shape index (κ3) is 6.84. The normalized spacial score (nSPS) is 22.0. The maximum atomic E-state index is 12.2. The van der Waals surface area contributed by atoms with Gasteiger partial charge in [-0.25, -0.2) is 0 Å². The number of nitrogens with zero attached hydrogens (tertiary/aromatic N) is 1. The summed E-state index contributed by atoms with van der Waals surface area (Å²) in [7, 11) is 1.64. The highest BCUT2D eigenvalue weighted by molar-refractivity contribution is 5.85. The van der Waals surface area contributed by atoms with Gasteiger partial charge in [0.15, 0.2) is 5.76 Å². The standard InChI is InChI=1S/C22H30N4O3.2ClH/c1-28-19-7-5-16(6-8-19)21-10-18(26-29-21)14-25-22(27)4-2-3-20-17-9-15(12-24-20)11-23-13-17;;/h5-8,10,15,17,20,23-24H,2-4,9,11-14H2,1H3,(H,25,27);2*1H/t15-,17+,20-;;/m0../s1. The predicted octanol–water partition coefficient (Wildman–Crippen LogP) is 3.18. The lowest BCUT2D eigenvalue weighted by molar-refractivity contribution is -0.121. The lowest BCUT2D eigenvalue weighted by atomic mass is 9.80. The van der Waals surface area contributed by atoms with Crippen LogP contribution in [0.3, 0.4) is 0 Å². The van der Waals surface area contributed by atoms with E-state index in [9.17, 15) is 4.79 Å². The second kappa shape index (κ2) is 12.3. The second-order valence-electron chi connectivity index (χ2n) is 8.11. The molecule has 3 heterocycles. The van der Waals surface area contributed by atoms with Gasteiger partial charge in [-0.3, -0.25) is 4.79 Å². The van der Waals surface area contributed by atoms with Crippen LogP contribution in [0.1, 0.15) is 31.4 Å². The number of hydrogen-bond acceptors (Lipinski definition) is 6. The molecule has 7 nitrogen and oxygen atoms in total. The van der Waals surface area contributed by atoms with Crippen LogP contribution in [-0.2, 0) is 11.3 Å². The number of hydrogen-bond donors (Lipinski definition) is 3. The number of halogens is 2. The molecular weight excluding hydrogens is 439 g/mol. The number of ether oxygens (including phenoxy) is 1. The fourth-order valence-corrected chi connectivity index (χ4v) is 4.40. The number of nitrogens with one attached hydrogen (secondary N) is 3. The first kappa shape index (κ1) is 25.5. The van der Waals surface area contributed by atoms with E-state index in [0.29, 0.717) is 30.7 Å². The molecule has 2 aliphatic heterocycles. The Bertz CT molecular complexity index is 815. The van der Waals surface area contributed by atoms with E-state index in [1.807, 2.05) is 30.3 Å². The molecule has 0 spiro atoms. The van der Waals surface area contributed by atoms with Crippen LogP contribution in [0, 0.1) is 11.8 Å². The molecule has 1 aromatic heterocycles. The van der Waals surface area contributed by atoms with Crippen LogP contribution >= 0.6 is 24.8 Å².